The van der Waals surface area contributed by atoms with Crippen LogP contribution in [0.15, 0.2) is 18.3 Å². The normalized spacial score (nSPS) is 10.8. The van der Waals surface area contributed by atoms with E-state index in [4.69, 9.17) is 4.74 Å². The molecule has 0 spiro atoms. The monoisotopic (exact) mass is 365 g/mol. The summed E-state index contributed by atoms with van der Waals surface area (Å²) in [5, 5.41) is 2.46. The van der Waals surface area contributed by atoms with Crippen molar-refractivity contribution in [1.82, 2.24) is 10.3 Å². The Bertz CT molecular complexity index is 640. The van der Waals surface area contributed by atoms with E-state index in [1.165, 1.54) is 12.0 Å². The summed E-state index contributed by atoms with van der Waals surface area (Å²) in [6.45, 7) is 7.34. The van der Waals surface area contributed by atoms with Gasteiger partial charge in [-0.3, -0.25) is 14.5 Å². The number of nitrogens with one attached hydrogen (secondary N) is 1. The number of esters is 1. The highest BCUT2D eigenvalue weighted by Crippen LogP contribution is 2.18. The predicted molar refractivity (Wildman–Crippen MR) is 96.8 cm³/mol. The third kappa shape index (κ3) is 7.96. The first kappa shape index (κ1) is 21.4. The SMILES string of the molecule is COC(=O)CNC(=O)CCCN(C(=O)OC(C)(C)C)c1cc(C)ccn1. The number of hydrogen-bond acceptors (Lipinski definition) is 6. The first-order chi connectivity index (χ1) is 12.1. The van der Waals surface area contributed by atoms with E-state index in [-0.39, 0.29) is 25.4 Å². The number of methoxy groups -OCH3 is 1. The molecule has 26 heavy (non-hydrogen) atoms. The van der Waals surface area contributed by atoms with Crippen molar-refractivity contribution in [1.29, 1.82) is 0 Å². The minimum Gasteiger partial charge on any atom is -0.468 e. The molecule has 8 nitrogen and oxygen atoms in total. The van der Waals surface area contributed by atoms with Gasteiger partial charge >= 0.3 is 12.1 Å². The van der Waals surface area contributed by atoms with Gasteiger partial charge in [0.1, 0.15) is 18.0 Å². The number of carbonyl (C=O) groups is 3. The van der Waals surface area contributed by atoms with E-state index in [1.807, 2.05) is 13.0 Å². The Labute approximate surface area is 153 Å². The molecule has 1 N–H and O–H groups in total. The second-order valence-corrected chi connectivity index (χ2v) is 6.78. The van der Waals surface area contributed by atoms with Gasteiger partial charge in [0.15, 0.2) is 0 Å². The fraction of sp³-hybridized carbons (Fsp3) is 0.556. The maximum Gasteiger partial charge on any atom is 0.416 e. The summed E-state index contributed by atoms with van der Waals surface area (Å²) in [4.78, 5) is 40.9. The maximum absolute atomic E-state index is 12.5. The van der Waals surface area contributed by atoms with E-state index in [0.717, 1.165) is 5.56 Å². The molecule has 0 aliphatic heterocycles. The molecule has 0 fully saturated rings. The number of carbonyl (C=O) groups excluding carboxylic acids is 3. The standard InChI is InChI=1S/C18H27N3O5/c1-13-8-9-19-14(11-13)21(17(24)26-18(2,3)4)10-6-7-15(22)20-12-16(23)25-5/h8-9,11H,6-7,10,12H2,1-5H3,(H,20,22). The predicted octanol–water partition coefficient (Wildman–Crippen LogP) is 2.20. The van der Waals surface area contributed by atoms with Crippen LogP contribution in [0, 0.1) is 6.92 Å². The Balaban J connectivity index is 2.70. The Morgan fingerprint density at radius 3 is 2.54 bits per heavy atom. The lowest BCUT2D eigenvalue weighted by atomic mass is 10.2. The molecule has 0 saturated carbocycles. The van der Waals surface area contributed by atoms with Crippen molar-refractivity contribution in [2.24, 2.45) is 0 Å². The topological polar surface area (TPSA) is 97.8 Å². The fourth-order valence-electron chi connectivity index (χ4n) is 2.01. The molecule has 0 aromatic carbocycles. The molecule has 0 radical (unpaired) electrons. The average Bonchev–Trinajstić information content (AvgIpc) is 2.54. The number of hydrogen-bond donors (Lipinski definition) is 1. The van der Waals surface area contributed by atoms with Crippen LogP contribution in [0.5, 0.6) is 0 Å². The molecule has 1 heterocycles. The second kappa shape index (κ2) is 9.74. The van der Waals surface area contributed by atoms with Crippen LogP contribution in [0.2, 0.25) is 0 Å². The number of ether oxygens (including phenoxy) is 2. The zero-order valence-corrected chi connectivity index (χ0v) is 16.0. The molecule has 1 rings (SSSR count). The van der Waals surface area contributed by atoms with Crippen LogP contribution in [0.25, 0.3) is 0 Å². The highest BCUT2D eigenvalue weighted by Gasteiger charge is 2.24. The number of pyridine rings is 1. The van der Waals surface area contributed by atoms with Gasteiger partial charge in [0, 0.05) is 19.2 Å². The fourth-order valence-corrected chi connectivity index (χ4v) is 2.01. The van der Waals surface area contributed by atoms with E-state index in [0.29, 0.717) is 12.2 Å². The highest BCUT2D eigenvalue weighted by molar-refractivity contribution is 5.87. The van der Waals surface area contributed by atoms with Crippen LogP contribution in [-0.4, -0.2) is 48.8 Å². The van der Waals surface area contributed by atoms with Crippen molar-refractivity contribution in [3.63, 3.8) is 0 Å². The third-order valence-electron chi connectivity index (χ3n) is 3.23. The van der Waals surface area contributed by atoms with Crippen molar-refractivity contribution >= 4 is 23.8 Å². The maximum atomic E-state index is 12.5. The van der Waals surface area contributed by atoms with Crippen LogP contribution in [0.1, 0.15) is 39.2 Å². The van der Waals surface area contributed by atoms with Crippen molar-refractivity contribution < 1.29 is 23.9 Å². The number of aryl methyl sites for hydroxylation is 1. The van der Waals surface area contributed by atoms with Gasteiger partial charge in [-0.05, 0) is 51.8 Å². The third-order valence-corrected chi connectivity index (χ3v) is 3.23. The van der Waals surface area contributed by atoms with Crippen molar-refractivity contribution in [2.75, 3.05) is 25.1 Å². The second-order valence-electron chi connectivity index (χ2n) is 6.78. The lowest BCUT2D eigenvalue weighted by Crippen LogP contribution is -2.38. The van der Waals surface area contributed by atoms with Gasteiger partial charge in [-0.25, -0.2) is 9.78 Å². The number of rotatable bonds is 7. The summed E-state index contributed by atoms with van der Waals surface area (Å²) in [5.41, 5.74) is 0.316. The van der Waals surface area contributed by atoms with Crippen LogP contribution >= 0.6 is 0 Å². The molecule has 1 aromatic heterocycles. The highest BCUT2D eigenvalue weighted by atomic mass is 16.6. The van der Waals surface area contributed by atoms with Crippen LogP contribution in [0.3, 0.4) is 0 Å². The van der Waals surface area contributed by atoms with Gasteiger partial charge in [-0.15, -0.1) is 0 Å². The van der Waals surface area contributed by atoms with E-state index >= 15 is 0 Å². The molecular formula is C18H27N3O5. The smallest absolute Gasteiger partial charge is 0.416 e. The van der Waals surface area contributed by atoms with Gasteiger partial charge < -0.3 is 14.8 Å². The number of anilines is 1. The first-order valence-corrected chi connectivity index (χ1v) is 8.39. The molecule has 2 amide bonds. The van der Waals surface area contributed by atoms with E-state index in [2.05, 4.69) is 15.0 Å². The molecule has 0 atom stereocenters. The molecule has 1 aromatic rings. The molecule has 144 valence electrons. The van der Waals surface area contributed by atoms with Crippen LogP contribution in [0.4, 0.5) is 10.6 Å². The van der Waals surface area contributed by atoms with Gasteiger partial charge in [0.2, 0.25) is 5.91 Å². The quantitative estimate of drug-likeness (QED) is 0.744. The van der Waals surface area contributed by atoms with Gasteiger partial charge in [0.05, 0.1) is 7.11 Å². The van der Waals surface area contributed by atoms with Crippen LogP contribution < -0.4 is 10.2 Å². The molecule has 0 aliphatic rings. The minimum atomic E-state index is -0.642. The average molecular weight is 365 g/mol. The summed E-state index contributed by atoms with van der Waals surface area (Å²) in [5.74, 6) is -0.344. The summed E-state index contributed by atoms with van der Waals surface area (Å²) in [6.07, 6.45) is 1.64. The number of nitrogens with zero attached hydrogens (tertiary/aromatic N) is 2. The number of amides is 2. The van der Waals surface area contributed by atoms with E-state index in [9.17, 15) is 14.4 Å². The molecule has 8 heteroatoms. The largest absolute Gasteiger partial charge is 0.468 e. The molecule has 0 unspecified atom stereocenters. The zero-order valence-electron chi connectivity index (χ0n) is 16.0. The first-order valence-electron chi connectivity index (χ1n) is 8.39. The molecule has 0 saturated heterocycles. The van der Waals surface area contributed by atoms with Gasteiger partial charge in [-0.1, -0.05) is 0 Å². The minimum absolute atomic E-state index is 0.155. The molecular weight excluding hydrogens is 338 g/mol. The summed E-state index contributed by atoms with van der Waals surface area (Å²) in [7, 11) is 1.25. The summed E-state index contributed by atoms with van der Waals surface area (Å²) in [6, 6.07) is 3.61. The number of aromatic nitrogens is 1. The van der Waals surface area contributed by atoms with E-state index in [1.54, 1.807) is 33.0 Å². The van der Waals surface area contributed by atoms with Crippen LogP contribution in [-0.2, 0) is 19.1 Å². The van der Waals surface area contributed by atoms with Crippen molar-refractivity contribution in [2.45, 2.75) is 46.1 Å². The summed E-state index contributed by atoms with van der Waals surface area (Å²) < 4.78 is 9.89. The summed E-state index contributed by atoms with van der Waals surface area (Å²) >= 11 is 0. The Morgan fingerprint density at radius 2 is 1.96 bits per heavy atom. The lowest BCUT2D eigenvalue weighted by Gasteiger charge is -2.27. The van der Waals surface area contributed by atoms with Gasteiger partial charge in [-0.2, -0.15) is 0 Å². The zero-order chi connectivity index (χ0) is 19.7. The van der Waals surface area contributed by atoms with E-state index < -0.39 is 17.7 Å². The Kier molecular flexibility index (Phi) is 8.02. The molecule has 0 aliphatic carbocycles. The van der Waals surface area contributed by atoms with Crippen molar-refractivity contribution in [3.05, 3.63) is 23.9 Å². The lowest BCUT2D eigenvalue weighted by molar-refractivity contribution is -0.141. The molecule has 0 bridgehead atoms. The Morgan fingerprint density at radius 1 is 1.27 bits per heavy atom. The van der Waals surface area contributed by atoms with Crippen molar-refractivity contribution in [3.8, 4) is 0 Å². The van der Waals surface area contributed by atoms with Gasteiger partial charge in [0.25, 0.3) is 0 Å². The Hall–Kier alpha value is -2.64.